The van der Waals surface area contributed by atoms with E-state index in [0.717, 1.165) is 0 Å². The van der Waals surface area contributed by atoms with Crippen molar-refractivity contribution in [1.29, 1.82) is 0 Å². The second-order valence-electron chi connectivity index (χ2n) is 6.77. The summed E-state index contributed by atoms with van der Waals surface area (Å²) in [6, 6.07) is 21.3. The monoisotopic (exact) mass is 443 g/mol. The molecule has 3 aromatic rings. The summed E-state index contributed by atoms with van der Waals surface area (Å²) >= 11 is 0. The largest absolute Gasteiger partial charge is 0.477 e. The van der Waals surface area contributed by atoms with Crippen LogP contribution in [0, 0.1) is 0 Å². The van der Waals surface area contributed by atoms with E-state index >= 15 is 0 Å². The standard InChI is InChI=1S/C24H21N5O4/c25-24(26)28-17-10-6-9-16(13-17)20(18-11-4-5-12-19(18)27-14-30)21(23(32)33)29-22(31)15-7-2-1-3-8-15/h1-14H,(H,27,30)(H,29,31)(H,32,33)(H4,25,26,28). The number of rotatable bonds is 8. The summed E-state index contributed by atoms with van der Waals surface area (Å²) in [6.45, 7) is 0. The van der Waals surface area contributed by atoms with Crippen molar-refractivity contribution in [3.63, 3.8) is 0 Å². The van der Waals surface area contributed by atoms with E-state index in [2.05, 4.69) is 15.6 Å². The zero-order chi connectivity index (χ0) is 23.8. The molecule has 0 bridgehead atoms. The van der Waals surface area contributed by atoms with Crippen LogP contribution in [-0.4, -0.2) is 29.4 Å². The van der Waals surface area contributed by atoms with Gasteiger partial charge in [0.1, 0.15) is 5.70 Å². The molecule has 0 radical (unpaired) electrons. The molecular weight excluding hydrogens is 422 g/mol. The molecule has 0 saturated carbocycles. The Balaban J connectivity index is 2.27. The number of guanidine groups is 1. The molecule has 2 amide bonds. The molecule has 0 aliphatic carbocycles. The summed E-state index contributed by atoms with van der Waals surface area (Å²) < 4.78 is 0. The van der Waals surface area contributed by atoms with Crippen LogP contribution in [0.2, 0.25) is 0 Å². The van der Waals surface area contributed by atoms with E-state index in [9.17, 15) is 19.5 Å². The Hall–Kier alpha value is -4.92. The third-order valence-corrected chi connectivity index (χ3v) is 4.54. The van der Waals surface area contributed by atoms with E-state index in [1.807, 2.05) is 0 Å². The average molecular weight is 443 g/mol. The Morgan fingerprint density at radius 3 is 2.21 bits per heavy atom. The smallest absolute Gasteiger partial charge is 0.353 e. The van der Waals surface area contributed by atoms with Crippen LogP contribution in [0.25, 0.3) is 5.57 Å². The van der Waals surface area contributed by atoms with Crippen molar-refractivity contribution in [2.24, 2.45) is 16.5 Å². The molecule has 0 saturated heterocycles. The summed E-state index contributed by atoms with van der Waals surface area (Å²) in [5.41, 5.74) is 12.5. The molecule has 3 aromatic carbocycles. The average Bonchev–Trinajstić information content (AvgIpc) is 2.80. The number of aliphatic imine (C=N–C) groups is 1. The fourth-order valence-electron chi connectivity index (χ4n) is 3.20. The third kappa shape index (κ3) is 5.61. The number of amides is 2. The Kier molecular flexibility index (Phi) is 7.17. The second-order valence-corrected chi connectivity index (χ2v) is 6.77. The number of hydrogen-bond acceptors (Lipinski definition) is 4. The number of nitrogens with two attached hydrogens (primary N) is 2. The van der Waals surface area contributed by atoms with Crippen LogP contribution < -0.4 is 22.1 Å². The highest BCUT2D eigenvalue weighted by molar-refractivity contribution is 6.08. The molecule has 3 rings (SSSR count). The molecule has 0 atom stereocenters. The van der Waals surface area contributed by atoms with E-state index in [1.165, 1.54) is 0 Å². The Morgan fingerprint density at radius 2 is 1.55 bits per heavy atom. The number of carbonyl (C=O) groups is 3. The lowest BCUT2D eigenvalue weighted by Crippen LogP contribution is -2.29. The van der Waals surface area contributed by atoms with Crippen molar-refractivity contribution in [1.82, 2.24) is 5.32 Å². The summed E-state index contributed by atoms with van der Waals surface area (Å²) in [7, 11) is 0. The quantitative estimate of drug-likeness (QED) is 0.156. The summed E-state index contributed by atoms with van der Waals surface area (Å²) in [5, 5.41) is 15.1. The molecule has 0 heterocycles. The lowest BCUT2D eigenvalue weighted by atomic mass is 9.93. The number of nitrogens with zero attached hydrogens (tertiary/aromatic N) is 1. The number of para-hydroxylation sites is 1. The van der Waals surface area contributed by atoms with Crippen LogP contribution in [0.4, 0.5) is 11.4 Å². The number of anilines is 1. The first-order chi connectivity index (χ1) is 15.9. The van der Waals surface area contributed by atoms with Gasteiger partial charge in [0.15, 0.2) is 5.96 Å². The number of hydrogen-bond donors (Lipinski definition) is 5. The molecular formula is C24H21N5O4. The van der Waals surface area contributed by atoms with Crippen molar-refractivity contribution < 1.29 is 19.5 Å². The molecule has 0 unspecified atom stereocenters. The van der Waals surface area contributed by atoms with Crippen molar-refractivity contribution in [2.45, 2.75) is 0 Å². The predicted octanol–water partition coefficient (Wildman–Crippen LogP) is 2.43. The van der Waals surface area contributed by atoms with Crippen molar-refractivity contribution in [3.8, 4) is 0 Å². The van der Waals surface area contributed by atoms with E-state index in [1.54, 1.807) is 78.9 Å². The number of carboxylic acid groups (broad SMARTS) is 1. The maximum absolute atomic E-state index is 12.8. The molecule has 0 aromatic heterocycles. The lowest BCUT2D eigenvalue weighted by molar-refractivity contribution is -0.132. The number of benzene rings is 3. The summed E-state index contributed by atoms with van der Waals surface area (Å²) in [4.78, 5) is 40.3. The van der Waals surface area contributed by atoms with E-state index in [4.69, 9.17) is 11.5 Å². The fraction of sp³-hybridized carbons (Fsp3) is 0. The summed E-state index contributed by atoms with van der Waals surface area (Å²) in [6.07, 6.45) is 0.481. The van der Waals surface area contributed by atoms with Gasteiger partial charge in [-0.1, -0.05) is 48.5 Å². The Labute approximate surface area is 189 Å². The molecule has 0 aliphatic heterocycles. The number of carbonyl (C=O) groups excluding carboxylic acids is 2. The highest BCUT2D eigenvalue weighted by atomic mass is 16.4. The number of nitrogens with one attached hydrogen (secondary N) is 2. The molecule has 9 heteroatoms. The fourth-order valence-corrected chi connectivity index (χ4v) is 3.20. The van der Waals surface area contributed by atoms with Gasteiger partial charge in [0, 0.05) is 22.4 Å². The van der Waals surface area contributed by atoms with Crippen molar-refractivity contribution >= 4 is 41.2 Å². The second kappa shape index (κ2) is 10.4. The van der Waals surface area contributed by atoms with E-state index < -0.39 is 11.9 Å². The van der Waals surface area contributed by atoms with Gasteiger partial charge in [-0.3, -0.25) is 9.59 Å². The minimum absolute atomic E-state index is 0.157. The number of carboxylic acids is 1. The maximum atomic E-state index is 12.8. The predicted molar refractivity (Wildman–Crippen MR) is 126 cm³/mol. The molecule has 7 N–H and O–H groups in total. The van der Waals surface area contributed by atoms with Crippen LogP contribution in [-0.2, 0) is 9.59 Å². The van der Waals surface area contributed by atoms with Crippen molar-refractivity contribution in [3.05, 3.63) is 101 Å². The highest BCUT2D eigenvalue weighted by Gasteiger charge is 2.23. The van der Waals surface area contributed by atoms with Crippen molar-refractivity contribution in [2.75, 3.05) is 5.32 Å². The van der Waals surface area contributed by atoms with Crippen LogP contribution >= 0.6 is 0 Å². The SMILES string of the molecule is NC(N)=Nc1cccc(C(=C(NC(=O)c2ccccc2)C(=O)O)c2ccccc2NC=O)c1. The van der Waals surface area contributed by atoms with Gasteiger partial charge in [0.2, 0.25) is 6.41 Å². The van der Waals surface area contributed by atoms with Gasteiger partial charge in [0.05, 0.1) is 5.69 Å². The van der Waals surface area contributed by atoms with Gasteiger partial charge >= 0.3 is 5.97 Å². The van der Waals surface area contributed by atoms with Gasteiger partial charge in [-0.2, -0.15) is 0 Å². The zero-order valence-electron chi connectivity index (χ0n) is 17.4. The Bertz CT molecular complexity index is 1250. The Morgan fingerprint density at radius 1 is 0.879 bits per heavy atom. The molecule has 0 spiro atoms. The molecule has 0 aliphatic rings. The van der Waals surface area contributed by atoms with Crippen LogP contribution in [0.5, 0.6) is 0 Å². The first kappa shape index (κ1) is 22.8. The topological polar surface area (TPSA) is 160 Å². The minimum Gasteiger partial charge on any atom is -0.477 e. The maximum Gasteiger partial charge on any atom is 0.353 e. The third-order valence-electron chi connectivity index (χ3n) is 4.54. The number of aliphatic carboxylic acids is 1. The van der Waals surface area contributed by atoms with Gasteiger partial charge in [-0.25, -0.2) is 9.79 Å². The molecule has 166 valence electrons. The van der Waals surface area contributed by atoms with Gasteiger partial charge in [-0.05, 0) is 35.9 Å². The first-order valence-corrected chi connectivity index (χ1v) is 9.74. The van der Waals surface area contributed by atoms with E-state index in [0.29, 0.717) is 28.9 Å². The van der Waals surface area contributed by atoms with Crippen LogP contribution in [0.1, 0.15) is 21.5 Å². The summed E-state index contributed by atoms with van der Waals surface area (Å²) in [5.74, 6) is -2.15. The van der Waals surface area contributed by atoms with Gasteiger partial charge < -0.3 is 27.2 Å². The van der Waals surface area contributed by atoms with E-state index in [-0.39, 0.29) is 22.8 Å². The molecule has 9 nitrogen and oxygen atoms in total. The lowest BCUT2D eigenvalue weighted by Gasteiger charge is -2.17. The highest BCUT2D eigenvalue weighted by Crippen LogP contribution is 2.33. The molecule has 0 fully saturated rings. The molecule has 33 heavy (non-hydrogen) atoms. The van der Waals surface area contributed by atoms with Crippen LogP contribution in [0.3, 0.4) is 0 Å². The van der Waals surface area contributed by atoms with Gasteiger partial charge in [-0.15, -0.1) is 0 Å². The first-order valence-electron chi connectivity index (χ1n) is 9.74. The normalized spacial score (nSPS) is 11.0. The van der Waals surface area contributed by atoms with Gasteiger partial charge in [0.25, 0.3) is 5.91 Å². The minimum atomic E-state index is -1.37. The zero-order valence-corrected chi connectivity index (χ0v) is 17.4. The van der Waals surface area contributed by atoms with Crippen LogP contribution in [0.15, 0.2) is 89.6 Å².